The number of nitrogens with zero attached hydrogens (tertiary/aromatic N) is 3. The maximum Gasteiger partial charge on any atom is 0.253 e. The van der Waals surface area contributed by atoms with Crippen LogP contribution >= 0.6 is 0 Å². The van der Waals surface area contributed by atoms with Crippen molar-refractivity contribution in [1.29, 1.82) is 0 Å². The molecule has 2 aliphatic rings. The first-order valence-electron chi connectivity index (χ1n) is 11.4. The largest absolute Gasteiger partial charge is 0.341 e. The first-order valence-corrected chi connectivity index (χ1v) is 11.4. The summed E-state index contributed by atoms with van der Waals surface area (Å²) in [5, 5.41) is 0. The molecular weight excluding hydrogens is 402 g/mol. The van der Waals surface area contributed by atoms with Crippen molar-refractivity contribution < 1.29 is 14.4 Å². The number of hydrogen-bond donors (Lipinski definition) is 0. The molecule has 0 spiro atoms. The third-order valence-corrected chi connectivity index (χ3v) is 6.62. The fraction of sp³-hybridized carbons (Fsp3) is 0.423. The standard InChI is InChI=1S/C26H31N3O3/c1-19-8-6-11-22(16-19)25(31)27-12-7-13-28(15-14-27)26(32)23-17-24(30)29(18-23)20(2)21-9-4-3-5-10-21/h3-6,8-11,16,20,23H,7,12-15,17-18H2,1-2H3. The molecule has 0 saturated carbocycles. The van der Waals surface area contributed by atoms with Gasteiger partial charge in [-0.25, -0.2) is 0 Å². The zero-order valence-corrected chi connectivity index (χ0v) is 18.9. The van der Waals surface area contributed by atoms with E-state index in [-0.39, 0.29) is 36.1 Å². The maximum atomic E-state index is 13.2. The lowest BCUT2D eigenvalue weighted by Gasteiger charge is -2.27. The van der Waals surface area contributed by atoms with E-state index >= 15 is 0 Å². The third kappa shape index (κ3) is 4.69. The molecule has 2 heterocycles. The van der Waals surface area contributed by atoms with E-state index in [0.29, 0.717) is 38.3 Å². The summed E-state index contributed by atoms with van der Waals surface area (Å²) < 4.78 is 0. The second-order valence-corrected chi connectivity index (χ2v) is 8.87. The molecule has 168 valence electrons. The highest BCUT2D eigenvalue weighted by atomic mass is 16.2. The maximum absolute atomic E-state index is 13.2. The Kier molecular flexibility index (Phi) is 6.58. The third-order valence-electron chi connectivity index (χ3n) is 6.62. The van der Waals surface area contributed by atoms with Gasteiger partial charge >= 0.3 is 0 Å². The predicted octanol–water partition coefficient (Wildman–Crippen LogP) is 3.28. The van der Waals surface area contributed by atoms with Crippen LogP contribution in [0.1, 0.15) is 47.3 Å². The highest BCUT2D eigenvalue weighted by Crippen LogP contribution is 2.29. The average Bonchev–Trinajstić information content (AvgIpc) is 3.03. The van der Waals surface area contributed by atoms with Gasteiger partial charge in [0, 0.05) is 44.7 Å². The first-order chi connectivity index (χ1) is 15.4. The van der Waals surface area contributed by atoms with E-state index < -0.39 is 0 Å². The summed E-state index contributed by atoms with van der Waals surface area (Å²) in [5.74, 6) is -0.230. The average molecular weight is 434 g/mol. The van der Waals surface area contributed by atoms with Gasteiger partial charge in [0.1, 0.15) is 0 Å². The zero-order valence-electron chi connectivity index (χ0n) is 18.9. The number of amides is 3. The summed E-state index contributed by atoms with van der Waals surface area (Å²) in [6.07, 6.45) is 1.01. The molecule has 0 bridgehead atoms. The summed E-state index contributed by atoms with van der Waals surface area (Å²) in [6.45, 7) is 6.73. The molecule has 32 heavy (non-hydrogen) atoms. The van der Waals surface area contributed by atoms with Gasteiger partial charge in [-0.1, -0.05) is 48.0 Å². The number of carbonyl (C=O) groups excluding carboxylic acids is 3. The number of aryl methyl sites for hydroxylation is 1. The normalized spacial score (nSPS) is 20.2. The van der Waals surface area contributed by atoms with E-state index in [1.54, 1.807) is 0 Å². The van der Waals surface area contributed by atoms with Gasteiger partial charge in [-0.15, -0.1) is 0 Å². The van der Waals surface area contributed by atoms with Crippen molar-refractivity contribution in [3.05, 3.63) is 71.3 Å². The molecule has 2 aromatic carbocycles. The summed E-state index contributed by atoms with van der Waals surface area (Å²) in [4.78, 5) is 44.3. The van der Waals surface area contributed by atoms with E-state index in [2.05, 4.69) is 0 Å². The van der Waals surface area contributed by atoms with Crippen LogP contribution in [0, 0.1) is 12.8 Å². The minimum Gasteiger partial charge on any atom is -0.341 e. The molecule has 2 aliphatic heterocycles. The smallest absolute Gasteiger partial charge is 0.253 e. The van der Waals surface area contributed by atoms with Gasteiger partial charge in [0.2, 0.25) is 11.8 Å². The fourth-order valence-electron chi connectivity index (χ4n) is 4.74. The van der Waals surface area contributed by atoms with Crippen LogP contribution in [0.15, 0.2) is 54.6 Å². The van der Waals surface area contributed by atoms with Crippen LogP contribution in [0.5, 0.6) is 0 Å². The van der Waals surface area contributed by atoms with Crippen LogP contribution < -0.4 is 0 Å². The van der Waals surface area contributed by atoms with Crippen LogP contribution in [-0.2, 0) is 9.59 Å². The van der Waals surface area contributed by atoms with Gasteiger partial charge in [0.15, 0.2) is 0 Å². The molecule has 4 rings (SSSR count). The van der Waals surface area contributed by atoms with Gasteiger partial charge in [-0.05, 0) is 38.0 Å². The minimum atomic E-state index is -0.312. The van der Waals surface area contributed by atoms with E-state index in [1.165, 1.54) is 0 Å². The van der Waals surface area contributed by atoms with Crippen molar-refractivity contribution in [2.24, 2.45) is 5.92 Å². The van der Waals surface area contributed by atoms with Crippen molar-refractivity contribution in [1.82, 2.24) is 14.7 Å². The van der Waals surface area contributed by atoms with Crippen molar-refractivity contribution in [3.63, 3.8) is 0 Å². The lowest BCUT2D eigenvalue weighted by atomic mass is 10.1. The molecule has 2 aromatic rings. The minimum absolute atomic E-state index is 0.0157. The number of likely N-dealkylation sites (tertiary alicyclic amines) is 1. The molecule has 2 atom stereocenters. The molecule has 2 fully saturated rings. The molecule has 6 nitrogen and oxygen atoms in total. The Balaban J connectivity index is 1.37. The van der Waals surface area contributed by atoms with Crippen molar-refractivity contribution in [3.8, 4) is 0 Å². The Labute approximate surface area is 189 Å². The highest BCUT2D eigenvalue weighted by Gasteiger charge is 2.39. The van der Waals surface area contributed by atoms with Crippen LogP contribution in [0.4, 0.5) is 0 Å². The summed E-state index contributed by atoms with van der Waals surface area (Å²) in [7, 11) is 0. The van der Waals surface area contributed by atoms with E-state index in [4.69, 9.17) is 0 Å². The van der Waals surface area contributed by atoms with Gasteiger partial charge in [0.05, 0.1) is 12.0 Å². The summed E-state index contributed by atoms with van der Waals surface area (Å²) in [5.41, 5.74) is 2.83. The Morgan fingerprint density at radius 3 is 2.41 bits per heavy atom. The second kappa shape index (κ2) is 9.55. The van der Waals surface area contributed by atoms with Gasteiger partial charge < -0.3 is 14.7 Å². The lowest BCUT2D eigenvalue weighted by molar-refractivity contribution is -0.135. The summed E-state index contributed by atoms with van der Waals surface area (Å²) in [6, 6.07) is 17.5. The quantitative estimate of drug-likeness (QED) is 0.744. The summed E-state index contributed by atoms with van der Waals surface area (Å²) >= 11 is 0. The van der Waals surface area contributed by atoms with E-state index in [0.717, 1.165) is 17.5 Å². The molecule has 2 saturated heterocycles. The Morgan fingerprint density at radius 1 is 0.938 bits per heavy atom. The van der Waals surface area contributed by atoms with Gasteiger partial charge in [-0.3, -0.25) is 14.4 Å². The molecule has 0 N–H and O–H groups in total. The topological polar surface area (TPSA) is 60.9 Å². The number of hydrogen-bond acceptors (Lipinski definition) is 3. The van der Waals surface area contributed by atoms with Gasteiger partial charge in [-0.2, -0.15) is 0 Å². The Hall–Kier alpha value is -3.15. The molecule has 6 heteroatoms. The van der Waals surface area contributed by atoms with Crippen LogP contribution in [0.25, 0.3) is 0 Å². The van der Waals surface area contributed by atoms with E-state index in [1.807, 2.05) is 83.1 Å². The Bertz CT molecular complexity index is 991. The Morgan fingerprint density at radius 2 is 1.66 bits per heavy atom. The van der Waals surface area contributed by atoms with Gasteiger partial charge in [0.25, 0.3) is 5.91 Å². The fourth-order valence-corrected chi connectivity index (χ4v) is 4.74. The molecule has 0 aromatic heterocycles. The van der Waals surface area contributed by atoms with Crippen LogP contribution in [0.2, 0.25) is 0 Å². The first kappa shape index (κ1) is 22.1. The van der Waals surface area contributed by atoms with E-state index in [9.17, 15) is 14.4 Å². The predicted molar refractivity (Wildman–Crippen MR) is 123 cm³/mol. The molecule has 2 unspecified atom stereocenters. The van der Waals surface area contributed by atoms with Crippen molar-refractivity contribution in [2.75, 3.05) is 32.7 Å². The van der Waals surface area contributed by atoms with Crippen LogP contribution in [0.3, 0.4) is 0 Å². The number of rotatable bonds is 4. The van der Waals surface area contributed by atoms with Crippen LogP contribution in [-0.4, -0.2) is 65.1 Å². The molecule has 0 radical (unpaired) electrons. The zero-order chi connectivity index (χ0) is 22.7. The number of benzene rings is 2. The SMILES string of the molecule is Cc1cccc(C(=O)N2CCCN(C(=O)C3CC(=O)N(C(C)c4ccccc4)C3)CC2)c1. The lowest BCUT2D eigenvalue weighted by Crippen LogP contribution is -2.41. The number of carbonyl (C=O) groups is 3. The highest BCUT2D eigenvalue weighted by molar-refractivity contribution is 5.94. The molecular formula is C26H31N3O3. The van der Waals surface area contributed by atoms with Crippen molar-refractivity contribution in [2.45, 2.75) is 32.7 Å². The monoisotopic (exact) mass is 433 g/mol. The molecule has 3 amide bonds. The molecule has 0 aliphatic carbocycles. The second-order valence-electron chi connectivity index (χ2n) is 8.87. The van der Waals surface area contributed by atoms with Crippen molar-refractivity contribution >= 4 is 17.7 Å².